The number of esters is 1. The lowest BCUT2D eigenvalue weighted by molar-refractivity contribution is -0.148. The van der Waals surface area contributed by atoms with Gasteiger partial charge in [0.1, 0.15) is 0 Å². The quantitative estimate of drug-likeness (QED) is 0.617. The van der Waals surface area contributed by atoms with Crippen molar-refractivity contribution in [1.29, 1.82) is 0 Å². The van der Waals surface area contributed by atoms with Crippen LogP contribution < -0.4 is 0 Å². The first-order valence-corrected chi connectivity index (χ1v) is 5.12. The zero-order valence-electron chi connectivity index (χ0n) is 9.32. The van der Waals surface area contributed by atoms with E-state index >= 15 is 0 Å². The summed E-state index contributed by atoms with van der Waals surface area (Å²) < 4.78 is 5.01. The van der Waals surface area contributed by atoms with Crippen molar-refractivity contribution in [2.24, 2.45) is 0 Å². The molecule has 1 N–H and O–H groups in total. The lowest BCUT2D eigenvalue weighted by Gasteiger charge is -2.19. The van der Waals surface area contributed by atoms with Crippen molar-refractivity contribution in [2.75, 3.05) is 26.2 Å². The molecule has 0 saturated carbocycles. The summed E-state index contributed by atoms with van der Waals surface area (Å²) in [6.07, 6.45) is 0.898. The van der Waals surface area contributed by atoms with E-state index in [0.29, 0.717) is 6.54 Å². The molecule has 0 fully saturated rings. The summed E-state index contributed by atoms with van der Waals surface area (Å²) in [6.45, 7) is 7.39. The van der Waals surface area contributed by atoms with Gasteiger partial charge in [0.15, 0.2) is 0 Å². The van der Waals surface area contributed by atoms with Crippen molar-refractivity contribution < 1.29 is 14.6 Å². The first-order chi connectivity index (χ1) is 6.60. The summed E-state index contributed by atoms with van der Waals surface area (Å²) in [4.78, 5) is 13.2. The summed E-state index contributed by atoms with van der Waals surface area (Å²) in [7, 11) is 0. The van der Waals surface area contributed by atoms with Crippen molar-refractivity contribution >= 4 is 5.97 Å². The van der Waals surface area contributed by atoms with Crippen molar-refractivity contribution in [3.63, 3.8) is 0 Å². The summed E-state index contributed by atoms with van der Waals surface area (Å²) in [6, 6.07) is 0. The standard InChI is InChI=1S/C10H21NO3/c1-4-5-11(6-7-12)8-10(13)14-9(2)3/h9,12H,4-8H2,1-3H3. The molecule has 14 heavy (non-hydrogen) atoms. The van der Waals surface area contributed by atoms with Crippen LogP contribution in [-0.4, -0.2) is 48.3 Å². The Labute approximate surface area is 85.9 Å². The Morgan fingerprint density at radius 3 is 2.50 bits per heavy atom. The SMILES string of the molecule is CCCN(CCO)CC(=O)OC(C)C. The highest BCUT2D eigenvalue weighted by atomic mass is 16.5. The van der Waals surface area contributed by atoms with Gasteiger partial charge in [0.2, 0.25) is 0 Å². The smallest absolute Gasteiger partial charge is 0.320 e. The highest BCUT2D eigenvalue weighted by molar-refractivity contribution is 5.71. The molecule has 84 valence electrons. The maximum absolute atomic E-state index is 11.3. The molecule has 0 heterocycles. The predicted molar refractivity (Wildman–Crippen MR) is 55.0 cm³/mol. The molecule has 0 aliphatic carbocycles. The Bertz CT molecular complexity index is 153. The average Bonchev–Trinajstić information content (AvgIpc) is 2.03. The van der Waals surface area contributed by atoms with Gasteiger partial charge in [-0.2, -0.15) is 0 Å². The zero-order valence-corrected chi connectivity index (χ0v) is 9.32. The van der Waals surface area contributed by atoms with Gasteiger partial charge in [0.05, 0.1) is 19.3 Å². The molecular weight excluding hydrogens is 182 g/mol. The number of ether oxygens (including phenoxy) is 1. The summed E-state index contributed by atoms with van der Waals surface area (Å²) >= 11 is 0. The Hall–Kier alpha value is -0.610. The number of carbonyl (C=O) groups is 1. The Morgan fingerprint density at radius 1 is 1.43 bits per heavy atom. The normalized spacial score (nSPS) is 11.0. The first kappa shape index (κ1) is 13.4. The average molecular weight is 203 g/mol. The van der Waals surface area contributed by atoms with Crippen molar-refractivity contribution in [3.8, 4) is 0 Å². The molecule has 0 aromatic rings. The van der Waals surface area contributed by atoms with Crippen LogP contribution in [0.2, 0.25) is 0 Å². The van der Waals surface area contributed by atoms with Gasteiger partial charge in [-0.15, -0.1) is 0 Å². The van der Waals surface area contributed by atoms with E-state index in [1.165, 1.54) is 0 Å². The molecule has 4 heteroatoms. The number of aliphatic hydroxyl groups is 1. The summed E-state index contributed by atoms with van der Waals surface area (Å²) in [5.74, 6) is -0.220. The van der Waals surface area contributed by atoms with E-state index in [9.17, 15) is 4.79 Å². The van der Waals surface area contributed by atoms with Crippen LogP contribution in [0.4, 0.5) is 0 Å². The van der Waals surface area contributed by atoms with Crippen LogP contribution in [-0.2, 0) is 9.53 Å². The molecule has 0 bridgehead atoms. The maximum Gasteiger partial charge on any atom is 0.320 e. The second-order valence-corrected chi connectivity index (χ2v) is 3.54. The third-order valence-corrected chi connectivity index (χ3v) is 1.68. The van der Waals surface area contributed by atoms with Crippen molar-refractivity contribution in [2.45, 2.75) is 33.3 Å². The molecule has 0 aliphatic rings. The van der Waals surface area contributed by atoms with E-state index in [-0.39, 0.29) is 25.2 Å². The fourth-order valence-electron chi connectivity index (χ4n) is 1.21. The molecule has 0 aromatic heterocycles. The van der Waals surface area contributed by atoms with E-state index < -0.39 is 0 Å². The molecule has 0 spiro atoms. The Morgan fingerprint density at radius 2 is 2.07 bits per heavy atom. The molecule has 0 aliphatic heterocycles. The topological polar surface area (TPSA) is 49.8 Å². The van der Waals surface area contributed by atoms with E-state index in [1.54, 1.807) is 0 Å². The van der Waals surface area contributed by atoms with Gasteiger partial charge in [0, 0.05) is 6.54 Å². The number of carbonyl (C=O) groups excluding carboxylic acids is 1. The second kappa shape index (κ2) is 7.76. The lowest BCUT2D eigenvalue weighted by atomic mass is 10.4. The number of hydrogen-bond donors (Lipinski definition) is 1. The second-order valence-electron chi connectivity index (χ2n) is 3.54. The van der Waals surface area contributed by atoms with Crippen LogP contribution in [0.1, 0.15) is 27.2 Å². The molecule has 4 nitrogen and oxygen atoms in total. The van der Waals surface area contributed by atoms with Crippen molar-refractivity contribution in [3.05, 3.63) is 0 Å². The largest absolute Gasteiger partial charge is 0.462 e. The summed E-state index contributed by atoms with van der Waals surface area (Å²) in [5.41, 5.74) is 0. The minimum absolute atomic E-state index is 0.0693. The Balaban J connectivity index is 3.82. The minimum Gasteiger partial charge on any atom is -0.462 e. The fraction of sp³-hybridized carbons (Fsp3) is 0.900. The third-order valence-electron chi connectivity index (χ3n) is 1.68. The number of aliphatic hydroxyl groups excluding tert-OH is 1. The number of hydrogen-bond acceptors (Lipinski definition) is 4. The van der Waals surface area contributed by atoms with Crippen LogP contribution >= 0.6 is 0 Å². The van der Waals surface area contributed by atoms with Gasteiger partial charge in [-0.1, -0.05) is 6.92 Å². The van der Waals surface area contributed by atoms with Gasteiger partial charge in [0.25, 0.3) is 0 Å². The van der Waals surface area contributed by atoms with Gasteiger partial charge in [-0.25, -0.2) is 0 Å². The van der Waals surface area contributed by atoms with Crippen LogP contribution in [0.3, 0.4) is 0 Å². The summed E-state index contributed by atoms with van der Waals surface area (Å²) in [5, 5.41) is 8.76. The van der Waals surface area contributed by atoms with Crippen LogP contribution in [0.5, 0.6) is 0 Å². The number of nitrogens with zero attached hydrogens (tertiary/aromatic N) is 1. The minimum atomic E-state index is -0.220. The molecular formula is C10H21NO3. The van der Waals surface area contributed by atoms with E-state index in [1.807, 2.05) is 25.7 Å². The maximum atomic E-state index is 11.3. The van der Waals surface area contributed by atoms with Gasteiger partial charge >= 0.3 is 5.97 Å². The van der Waals surface area contributed by atoms with Crippen LogP contribution in [0, 0.1) is 0 Å². The van der Waals surface area contributed by atoms with E-state index in [4.69, 9.17) is 9.84 Å². The van der Waals surface area contributed by atoms with Gasteiger partial charge < -0.3 is 9.84 Å². The predicted octanol–water partition coefficient (Wildman–Crippen LogP) is 0.642. The highest BCUT2D eigenvalue weighted by Gasteiger charge is 2.11. The molecule has 0 amide bonds. The molecule has 0 aromatic carbocycles. The number of rotatable bonds is 7. The van der Waals surface area contributed by atoms with Gasteiger partial charge in [-0.3, -0.25) is 9.69 Å². The zero-order chi connectivity index (χ0) is 11.0. The monoisotopic (exact) mass is 203 g/mol. The third kappa shape index (κ3) is 6.86. The Kier molecular flexibility index (Phi) is 7.42. The molecule has 0 radical (unpaired) electrons. The lowest BCUT2D eigenvalue weighted by Crippen LogP contribution is -2.34. The van der Waals surface area contributed by atoms with Crippen LogP contribution in [0.25, 0.3) is 0 Å². The van der Waals surface area contributed by atoms with Crippen LogP contribution in [0.15, 0.2) is 0 Å². The fourth-order valence-corrected chi connectivity index (χ4v) is 1.21. The van der Waals surface area contributed by atoms with E-state index in [0.717, 1.165) is 13.0 Å². The first-order valence-electron chi connectivity index (χ1n) is 5.12. The molecule has 0 saturated heterocycles. The molecule has 0 atom stereocenters. The van der Waals surface area contributed by atoms with Crippen molar-refractivity contribution in [1.82, 2.24) is 4.90 Å². The molecule has 0 unspecified atom stereocenters. The molecule has 0 rings (SSSR count). The van der Waals surface area contributed by atoms with Gasteiger partial charge in [-0.05, 0) is 26.8 Å². The van der Waals surface area contributed by atoms with E-state index in [2.05, 4.69) is 0 Å². The highest BCUT2D eigenvalue weighted by Crippen LogP contribution is 1.95.